The van der Waals surface area contributed by atoms with Gasteiger partial charge in [0.1, 0.15) is 6.29 Å². The van der Waals surface area contributed by atoms with Crippen LogP contribution in [0.4, 0.5) is 13.2 Å². The Labute approximate surface area is 167 Å². The molecule has 28 heavy (non-hydrogen) atoms. The molecule has 2 aliphatic heterocycles. The minimum Gasteiger partial charge on any atom is -0.381 e. The van der Waals surface area contributed by atoms with Gasteiger partial charge in [-0.2, -0.15) is 13.2 Å². The standard InChI is InChI=1S/C20H26F3NO3S/c21-20(22,23)18-3-1-16(2-4-18)13-27-14-17-5-9-24(10-6-17)28-19(15-25)7-11-26-12-8-19/h1-4,15,17H,5-14H2. The van der Waals surface area contributed by atoms with Crippen LogP contribution in [0, 0.1) is 5.92 Å². The van der Waals surface area contributed by atoms with Crippen LogP contribution < -0.4 is 0 Å². The van der Waals surface area contributed by atoms with Crippen LogP contribution in [0.2, 0.25) is 0 Å². The van der Waals surface area contributed by atoms with Gasteiger partial charge in [-0.15, -0.1) is 0 Å². The number of halogens is 3. The molecule has 2 heterocycles. The van der Waals surface area contributed by atoms with Crippen molar-refractivity contribution in [3.05, 3.63) is 35.4 Å². The Hall–Kier alpha value is -1.09. The molecule has 2 fully saturated rings. The SMILES string of the molecule is O=CC1(SN2CCC(COCc3ccc(C(F)(F)F)cc3)CC2)CCOCC1. The molecule has 0 aliphatic carbocycles. The smallest absolute Gasteiger partial charge is 0.381 e. The van der Waals surface area contributed by atoms with E-state index in [1.807, 2.05) is 0 Å². The van der Waals surface area contributed by atoms with Crippen LogP contribution in [0.5, 0.6) is 0 Å². The molecule has 1 aromatic rings. The van der Waals surface area contributed by atoms with Gasteiger partial charge in [-0.3, -0.25) is 0 Å². The summed E-state index contributed by atoms with van der Waals surface area (Å²) in [5.41, 5.74) is 0.104. The summed E-state index contributed by atoms with van der Waals surface area (Å²) in [6, 6.07) is 5.12. The molecule has 2 aliphatic rings. The van der Waals surface area contributed by atoms with Gasteiger partial charge in [0.05, 0.1) is 16.9 Å². The monoisotopic (exact) mass is 417 g/mol. The second-order valence-corrected chi connectivity index (χ2v) is 8.98. The molecule has 0 bridgehead atoms. The van der Waals surface area contributed by atoms with Crippen LogP contribution in [0.15, 0.2) is 24.3 Å². The summed E-state index contributed by atoms with van der Waals surface area (Å²) >= 11 is 1.67. The predicted octanol–water partition coefficient (Wildman–Crippen LogP) is 4.33. The van der Waals surface area contributed by atoms with Crippen molar-refractivity contribution in [1.82, 2.24) is 4.31 Å². The number of benzene rings is 1. The van der Waals surface area contributed by atoms with E-state index in [2.05, 4.69) is 4.31 Å². The first-order valence-electron chi connectivity index (χ1n) is 9.62. The third kappa shape index (κ3) is 5.95. The van der Waals surface area contributed by atoms with Crippen molar-refractivity contribution in [2.45, 2.75) is 43.2 Å². The Kier molecular flexibility index (Phi) is 7.42. The average molecular weight is 417 g/mol. The molecule has 0 radical (unpaired) electrons. The topological polar surface area (TPSA) is 38.8 Å². The van der Waals surface area contributed by atoms with Gasteiger partial charge >= 0.3 is 6.18 Å². The van der Waals surface area contributed by atoms with Crippen molar-refractivity contribution in [3.63, 3.8) is 0 Å². The molecular formula is C20H26F3NO3S. The summed E-state index contributed by atoms with van der Waals surface area (Å²) in [7, 11) is 0. The second kappa shape index (κ2) is 9.61. The first kappa shape index (κ1) is 21.6. The van der Waals surface area contributed by atoms with E-state index in [4.69, 9.17) is 9.47 Å². The largest absolute Gasteiger partial charge is 0.416 e. The number of carbonyl (C=O) groups is 1. The maximum absolute atomic E-state index is 12.6. The van der Waals surface area contributed by atoms with Gasteiger partial charge in [-0.1, -0.05) is 24.1 Å². The van der Waals surface area contributed by atoms with Crippen molar-refractivity contribution in [2.75, 3.05) is 32.9 Å². The molecule has 156 valence electrons. The zero-order valence-corrected chi connectivity index (χ0v) is 16.6. The summed E-state index contributed by atoms with van der Waals surface area (Å²) in [6.07, 6.45) is 0.281. The molecule has 0 spiro atoms. The lowest BCUT2D eigenvalue weighted by molar-refractivity contribution is -0.137. The van der Waals surface area contributed by atoms with E-state index in [0.717, 1.165) is 62.8 Å². The van der Waals surface area contributed by atoms with Crippen molar-refractivity contribution < 1.29 is 27.4 Å². The van der Waals surface area contributed by atoms with Gasteiger partial charge in [-0.25, -0.2) is 4.31 Å². The van der Waals surface area contributed by atoms with E-state index in [0.29, 0.717) is 32.3 Å². The fraction of sp³-hybridized carbons (Fsp3) is 0.650. The normalized spacial score (nSPS) is 21.5. The van der Waals surface area contributed by atoms with Gasteiger partial charge in [0.2, 0.25) is 0 Å². The molecule has 0 amide bonds. The van der Waals surface area contributed by atoms with Crippen LogP contribution >= 0.6 is 11.9 Å². The van der Waals surface area contributed by atoms with Gasteiger partial charge in [0, 0.05) is 32.9 Å². The lowest BCUT2D eigenvalue weighted by atomic mass is 9.99. The number of piperidine rings is 1. The quantitative estimate of drug-likeness (QED) is 0.488. The Balaban J connectivity index is 1.37. The molecule has 2 saturated heterocycles. The van der Waals surface area contributed by atoms with E-state index in [1.165, 1.54) is 12.1 Å². The lowest BCUT2D eigenvalue weighted by Crippen LogP contribution is -2.41. The number of rotatable bonds is 7. The maximum atomic E-state index is 12.6. The molecule has 4 nitrogen and oxygen atoms in total. The Bertz CT molecular complexity index is 625. The summed E-state index contributed by atoms with van der Waals surface area (Å²) in [5.74, 6) is 0.438. The van der Waals surface area contributed by atoms with Gasteiger partial charge in [0.15, 0.2) is 0 Å². The number of alkyl halides is 3. The molecule has 8 heteroatoms. The van der Waals surface area contributed by atoms with E-state index in [1.54, 1.807) is 11.9 Å². The van der Waals surface area contributed by atoms with Gasteiger partial charge in [-0.05, 0) is 49.3 Å². The van der Waals surface area contributed by atoms with Crippen molar-refractivity contribution in [3.8, 4) is 0 Å². The fourth-order valence-electron chi connectivity index (χ4n) is 3.51. The summed E-state index contributed by atoms with van der Waals surface area (Å²) in [4.78, 5) is 11.6. The maximum Gasteiger partial charge on any atom is 0.416 e. The summed E-state index contributed by atoms with van der Waals surface area (Å²) in [5, 5.41) is 0. The molecular weight excluding hydrogens is 391 g/mol. The molecule has 0 unspecified atom stereocenters. The van der Waals surface area contributed by atoms with Crippen molar-refractivity contribution >= 4 is 18.2 Å². The first-order chi connectivity index (χ1) is 13.4. The Morgan fingerprint density at radius 2 is 1.82 bits per heavy atom. The van der Waals surface area contributed by atoms with Crippen LogP contribution in [-0.4, -0.2) is 48.2 Å². The van der Waals surface area contributed by atoms with E-state index in [9.17, 15) is 18.0 Å². The average Bonchev–Trinajstić information content (AvgIpc) is 2.70. The molecule has 0 saturated carbocycles. The summed E-state index contributed by atoms with van der Waals surface area (Å²) < 4.78 is 50.8. The highest BCUT2D eigenvalue weighted by atomic mass is 32.2. The van der Waals surface area contributed by atoms with Gasteiger partial charge in [0.25, 0.3) is 0 Å². The minimum absolute atomic E-state index is 0.321. The number of carbonyl (C=O) groups excluding carboxylic acids is 1. The third-order valence-corrected chi connectivity index (χ3v) is 6.83. The van der Waals surface area contributed by atoms with Crippen LogP contribution in [-0.2, 0) is 27.1 Å². The number of nitrogens with zero attached hydrogens (tertiary/aromatic N) is 1. The zero-order chi connectivity index (χ0) is 20.0. The molecule has 0 N–H and O–H groups in total. The minimum atomic E-state index is -4.31. The van der Waals surface area contributed by atoms with E-state index >= 15 is 0 Å². The number of ether oxygens (including phenoxy) is 2. The van der Waals surface area contributed by atoms with E-state index in [-0.39, 0.29) is 4.75 Å². The molecule has 0 aromatic heterocycles. The highest BCUT2D eigenvalue weighted by Gasteiger charge is 2.36. The highest BCUT2D eigenvalue weighted by molar-refractivity contribution is 7.99. The van der Waals surface area contributed by atoms with Crippen molar-refractivity contribution in [1.29, 1.82) is 0 Å². The van der Waals surface area contributed by atoms with E-state index < -0.39 is 11.7 Å². The molecule has 0 atom stereocenters. The summed E-state index contributed by atoms with van der Waals surface area (Å²) in [6.45, 7) is 4.03. The molecule has 3 rings (SSSR count). The van der Waals surface area contributed by atoms with Crippen LogP contribution in [0.3, 0.4) is 0 Å². The van der Waals surface area contributed by atoms with Crippen molar-refractivity contribution in [2.24, 2.45) is 5.92 Å². The zero-order valence-electron chi connectivity index (χ0n) is 15.7. The van der Waals surface area contributed by atoms with Crippen LogP contribution in [0.1, 0.15) is 36.8 Å². The predicted molar refractivity (Wildman–Crippen MR) is 102 cm³/mol. The van der Waals surface area contributed by atoms with Gasteiger partial charge < -0.3 is 14.3 Å². The molecule has 1 aromatic carbocycles. The Morgan fingerprint density at radius 3 is 2.39 bits per heavy atom. The third-order valence-electron chi connectivity index (χ3n) is 5.34. The highest BCUT2D eigenvalue weighted by Crippen LogP contribution is 2.38. The lowest BCUT2D eigenvalue weighted by Gasteiger charge is -2.38. The fourth-order valence-corrected chi connectivity index (χ4v) is 4.81. The second-order valence-electron chi connectivity index (χ2n) is 7.47. The Morgan fingerprint density at radius 1 is 1.18 bits per heavy atom. The first-order valence-corrected chi connectivity index (χ1v) is 10.4. The number of hydrogen-bond acceptors (Lipinski definition) is 5. The number of aldehydes is 1. The number of hydrogen-bond donors (Lipinski definition) is 0. The van der Waals surface area contributed by atoms with Crippen LogP contribution in [0.25, 0.3) is 0 Å².